The third kappa shape index (κ3) is 3.98. The fraction of sp³-hybridized carbons (Fsp3) is 0.571. The first-order valence-corrected chi connectivity index (χ1v) is 11.4. The van der Waals surface area contributed by atoms with E-state index in [1.807, 2.05) is 24.7 Å². The molecule has 0 bridgehead atoms. The maximum atomic E-state index is 11.7. The molecule has 0 aliphatic carbocycles. The predicted molar refractivity (Wildman–Crippen MR) is 102 cm³/mol. The molecule has 0 N–H and O–H groups in total. The van der Waals surface area contributed by atoms with Crippen molar-refractivity contribution < 1.29 is 8.42 Å². The normalized spacial score (nSPS) is 20.1. The molecule has 0 saturated carbocycles. The quantitative estimate of drug-likeness (QED) is 0.655. The van der Waals surface area contributed by atoms with E-state index in [0.717, 1.165) is 16.2 Å². The summed E-state index contributed by atoms with van der Waals surface area (Å²) in [4.78, 5) is 3.39. The van der Waals surface area contributed by atoms with Crippen molar-refractivity contribution in [2.24, 2.45) is 7.05 Å². The maximum Gasteiger partial charge on any atom is 0.198 e. The molecule has 0 aromatic carbocycles. The van der Waals surface area contributed by atoms with E-state index in [2.05, 4.69) is 32.0 Å². The van der Waals surface area contributed by atoms with E-state index in [0.29, 0.717) is 17.9 Å². The predicted octanol–water partition coefficient (Wildman–Crippen LogP) is 2.77. The van der Waals surface area contributed by atoms with Gasteiger partial charge in [0.25, 0.3) is 0 Å². The van der Waals surface area contributed by atoms with Gasteiger partial charge in [-0.05, 0) is 53.7 Å². The number of thiophene rings is 1. The van der Waals surface area contributed by atoms with E-state index in [1.165, 1.54) is 4.88 Å². The van der Waals surface area contributed by atoms with Gasteiger partial charge in [-0.15, -0.1) is 11.3 Å². The molecule has 3 rings (SSSR count). The molecule has 1 atom stereocenters. The molecule has 132 valence electrons. The summed E-state index contributed by atoms with van der Waals surface area (Å²) in [5.41, 5.74) is 0. The van der Waals surface area contributed by atoms with E-state index in [4.69, 9.17) is 12.2 Å². The van der Waals surface area contributed by atoms with Crippen LogP contribution in [0.25, 0.3) is 0 Å². The zero-order valence-electron chi connectivity index (χ0n) is 13.5. The van der Waals surface area contributed by atoms with E-state index >= 15 is 0 Å². The van der Waals surface area contributed by atoms with Crippen molar-refractivity contribution in [1.29, 1.82) is 0 Å². The van der Waals surface area contributed by atoms with Crippen molar-refractivity contribution in [3.05, 3.63) is 31.4 Å². The molecule has 1 aliphatic heterocycles. The second-order valence-corrected chi connectivity index (χ2v) is 11.3. The molecular formula is C14H19BrN4O2S3. The van der Waals surface area contributed by atoms with E-state index in [9.17, 15) is 8.42 Å². The first kappa shape index (κ1) is 18.2. The highest BCUT2D eigenvalue weighted by Crippen LogP contribution is 2.28. The number of sulfone groups is 1. The zero-order valence-corrected chi connectivity index (χ0v) is 17.5. The molecule has 1 saturated heterocycles. The lowest BCUT2D eigenvalue weighted by Gasteiger charge is -2.15. The van der Waals surface area contributed by atoms with Gasteiger partial charge in [0.15, 0.2) is 14.6 Å². The Morgan fingerprint density at radius 2 is 2.25 bits per heavy atom. The van der Waals surface area contributed by atoms with Crippen LogP contribution in [-0.4, -0.2) is 46.2 Å². The van der Waals surface area contributed by atoms with Crippen LogP contribution >= 0.6 is 39.5 Å². The number of aromatic nitrogens is 3. The maximum absolute atomic E-state index is 11.7. The van der Waals surface area contributed by atoms with Gasteiger partial charge in [0.05, 0.1) is 22.0 Å². The Kier molecular flexibility index (Phi) is 5.31. The number of hydrogen-bond donors (Lipinski definition) is 0. The molecule has 6 nitrogen and oxygen atoms in total. The van der Waals surface area contributed by atoms with Gasteiger partial charge in [0.2, 0.25) is 0 Å². The molecular weight excluding hydrogens is 432 g/mol. The van der Waals surface area contributed by atoms with Crippen molar-refractivity contribution in [3.63, 3.8) is 0 Å². The van der Waals surface area contributed by atoms with Gasteiger partial charge in [-0.2, -0.15) is 5.10 Å². The molecule has 1 fully saturated rings. The third-order valence-corrected chi connectivity index (χ3v) is 7.96. The monoisotopic (exact) mass is 450 g/mol. The molecule has 1 unspecified atom stereocenters. The molecule has 24 heavy (non-hydrogen) atoms. The Balaban J connectivity index is 1.75. The van der Waals surface area contributed by atoms with Crippen LogP contribution in [0.1, 0.15) is 23.0 Å². The Morgan fingerprint density at radius 3 is 2.83 bits per heavy atom. The summed E-state index contributed by atoms with van der Waals surface area (Å²) in [7, 11) is 0.946. The first-order valence-electron chi connectivity index (χ1n) is 7.52. The molecule has 0 radical (unpaired) electrons. The van der Waals surface area contributed by atoms with Gasteiger partial charge in [-0.1, -0.05) is 0 Å². The molecule has 0 spiro atoms. The van der Waals surface area contributed by atoms with Gasteiger partial charge in [0, 0.05) is 24.4 Å². The minimum Gasteiger partial charge on any atom is -0.307 e. The van der Waals surface area contributed by atoms with Gasteiger partial charge >= 0.3 is 0 Å². The van der Waals surface area contributed by atoms with Crippen molar-refractivity contribution in [2.45, 2.75) is 25.6 Å². The lowest BCUT2D eigenvalue weighted by molar-refractivity contribution is 0.245. The lowest BCUT2D eigenvalue weighted by atomic mass is 10.1. The Morgan fingerprint density at radius 1 is 1.50 bits per heavy atom. The van der Waals surface area contributed by atoms with E-state index in [-0.39, 0.29) is 17.4 Å². The lowest BCUT2D eigenvalue weighted by Crippen LogP contribution is -2.22. The number of halogens is 1. The van der Waals surface area contributed by atoms with Crippen LogP contribution in [0.4, 0.5) is 0 Å². The average molecular weight is 451 g/mol. The van der Waals surface area contributed by atoms with Crippen LogP contribution in [0.5, 0.6) is 0 Å². The second kappa shape index (κ2) is 6.99. The summed E-state index contributed by atoms with van der Waals surface area (Å²) in [6.07, 6.45) is 0.626. The molecule has 10 heteroatoms. The van der Waals surface area contributed by atoms with Gasteiger partial charge < -0.3 is 4.57 Å². The Labute approximate surface area is 159 Å². The molecule has 0 amide bonds. The van der Waals surface area contributed by atoms with E-state index < -0.39 is 9.84 Å². The Hall–Kier alpha value is -0.550. The fourth-order valence-corrected chi connectivity index (χ4v) is 6.43. The highest BCUT2D eigenvalue weighted by atomic mass is 79.9. The summed E-state index contributed by atoms with van der Waals surface area (Å²) in [6, 6.07) is 4.14. The van der Waals surface area contributed by atoms with Gasteiger partial charge in [0.1, 0.15) is 5.82 Å². The number of hydrogen-bond acceptors (Lipinski definition) is 6. The number of nitrogens with zero attached hydrogens (tertiary/aromatic N) is 4. The summed E-state index contributed by atoms with van der Waals surface area (Å²) < 4.78 is 28.8. The minimum absolute atomic E-state index is 0.0542. The average Bonchev–Trinajstić information content (AvgIpc) is 3.13. The van der Waals surface area contributed by atoms with Crippen LogP contribution in [0, 0.1) is 4.77 Å². The van der Waals surface area contributed by atoms with Gasteiger partial charge in [-0.25, -0.2) is 13.1 Å². The van der Waals surface area contributed by atoms with Crippen LogP contribution in [-0.2, 0) is 30.1 Å². The standard InChI is InChI=1S/C14H19BrN4O2S3/c1-17(7-11-3-4-12(15)23-11)9-19-14(22)18(2)13(16-19)10-5-6-24(20,21)8-10/h3-4,10H,5-9H2,1-2H3. The molecule has 1 aliphatic rings. The highest BCUT2D eigenvalue weighted by molar-refractivity contribution is 9.11. The molecule has 3 heterocycles. The summed E-state index contributed by atoms with van der Waals surface area (Å²) in [5, 5.41) is 4.61. The van der Waals surface area contributed by atoms with Crippen LogP contribution < -0.4 is 0 Å². The topological polar surface area (TPSA) is 60.1 Å². The van der Waals surface area contributed by atoms with Crippen molar-refractivity contribution in [3.8, 4) is 0 Å². The van der Waals surface area contributed by atoms with Crippen LogP contribution in [0.3, 0.4) is 0 Å². The molecule has 2 aromatic rings. The SMILES string of the molecule is CN(Cc1ccc(Br)s1)Cn1nc(C2CCS(=O)(=O)C2)n(C)c1=S. The first-order chi connectivity index (χ1) is 11.2. The Bertz CT molecular complexity index is 900. The number of rotatable bonds is 5. The summed E-state index contributed by atoms with van der Waals surface area (Å²) in [5.74, 6) is 1.13. The van der Waals surface area contributed by atoms with Crippen molar-refractivity contribution >= 4 is 49.3 Å². The van der Waals surface area contributed by atoms with Crippen LogP contribution in [0.15, 0.2) is 15.9 Å². The highest BCUT2D eigenvalue weighted by Gasteiger charge is 2.32. The third-order valence-electron chi connectivity index (χ3n) is 4.10. The molecule has 2 aromatic heterocycles. The minimum atomic E-state index is -2.94. The zero-order chi connectivity index (χ0) is 17.5. The smallest absolute Gasteiger partial charge is 0.198 e. The summed E-state index contributed by atoms with van der Waals surface area (Å²) in [6.45, 7) is 1.38. The van der Waals surface area contributed by atoms with Crippen molar-refractivity contribution in [2.75, 3.05) is 18.6 Å². The second-order valence-electron chi connectivity index (χ2n) is 6.16. The van der Waals surface area contributed by atoms with E-state index in [1.54, 1.807) is 16.0 Å². The largest absolute Gasteiger partial charge is 0.307 e. The van der Waals surface area contributed by atoms with Gasteiger partial charge in [-0.3, -0.25) is 4.90 Å². The fourth-order valence-electron chi connectivity index (χ4n) is 2.93. The summed E-state index contributed by atoms with van der Waals surface area (Å²) >= 11 is 10.7. The van der Waals surface area contributed by atoms with Crippen molar-refractivity contribution in [1.82, 2.24) is 19.2 Å². The van der Waals surface area contributed by atoms with Crippen LogP contribution in [0.2, 0.25) is 0 Å².